The molecular formula is C16H17N5OS. The molecule has 3 rings (SSSR count). The van der Waals surface area contributed by atoms with Crippen LogP contribution in [-0.4, -0.2) is 25.7 Å². The standard InChI is InChI=1S/C16H17N5OS/c1-10(2)16-19-13(8-23-16)15(22)18-12-6-4-5-11(7-12)14-17-9-21(3)20-14/h4-10H,1-3H3,(H,18,22). The fourth-order valence-electron chi connectivity index (χ4n) is 2.06. The zero-order valence-electron chi connectivity index (χ0n) is 13.1. The molecule has 0 radical (unpaired) electrons. The summed E-state index contributed by atoms with van der Waals surface area (Å²) < 4.78 is 1.64. The summed E-state index contributed by atoms with van der Waals surface area (Å²) in [5, 5.41) is 9.88. The number of amides is 1. The number of anilines is 1. The van der Waals surface area contributed by atoms with E-state index in [0.717, 1.165) is 10.6 Å². The summed E-state index contributed by atoms with van der Waals surface area (Å²) in [4.78, 5) is 20.9. The number of nitrogens with zero attached hydrogens (tertiary/aromatic N) is 4. The quantitative estimate of drug-likeness (QED) is 0.798. The van der Waals surface area contributed by atoms with Gasteiger partial charge in [-0.25, -0.2) is 9.97 Å². The van der Waals surface area contributed by atoms with E-state index in [1.54, 1.807) is 16.4 Å². The lowest BCUT2D eigenvalue weighted by Crippen LogP contribution is -2.12. The van der Waals surface area contributed by atoms with Gasteiger partial charge in [0.2, 0.25) is 0 Å². The molecular weight excluding hydrogens is 310 g/mol. The average molecular weight is 327 g/mol. The molecule has 0 saturated heterocycles. The van der Waals surface area contributed by atoms with Gasteiger partial charge in [0.25, 0.3) is 5.91 Å². The summed E-state index contributed by atoms with van der Waals surface area (Å²) in [5.74, 6) is 0.735. The molecule has 7 heteroatoms. The van der Waals surface area contributed by atoms with Crippen molar-refractivity contribution in [2.45, 2.75) is 19.8 Å². The SMILES string of the molecule is CC(C)c1nc(C(=O)Nc2cccc(-c3ncn(C)n3)c2)cs1. The van der Waals surface area contributed by atoms with Gasteiger partial charge < -0.3 is 5.32 Å². The highest BCUT2D eigenvalue weighted by molar-refractivity contribution is 7.09. The van der Waals surface area contributed by atoms with E-state index >= 15 is 0 Å². The molecule has 0 aliphatic rings. The maximum absolute atomic E-state index is 12.3. The van der Waals surface area contributed by atoms with Gasteiger partial charge in [0.1, 0.15) is 12.0 Å². The van der Waals surface area contributed by atoms with E-state index in [9.17, 15) is 4.79 Å². The van der Waals surface area contributed by atoms with Crippen molar-refractivity contribution in [1.82, 2.24) is 19.7 Å². The molecule has 2 aromatic heterocycles. The van der Waals surface area contributed by atoms with Gasteiger partial charge in [-0.3, -0.25) is 9.48 Å². The zero-order valence-corrected chi connectivity index (χ0v) is 14.0. The molecule has 23 heavy (non-hydrogen) atoms. The number of carbonyl (C=O) groups excluding carboxylic acids is 1. The normalized spacial score (nSPS) is 11.0. The van der Waals surface area contributed by atoms with Crippen LogP contribution in [0, 0.1) is 0 Å². The first-order valence-corrected chi connectivity index (χ1v) is 8.14. The number of benzene rings is 1. The molecule has 0 aliphatic heterocycles. The number of thiazole rings is 1. The van der Waals surface area contributed by atoms with Crippen molar-refractivity contribution in [3.05, 3.63) is 46.7 Å². The Hall–Kier alpha value is -2.54. The van der Waals surface area contributed by atoms with Crippen LogP contribution < -0.4 is 5.32 Å². The van der Waals surface area contributed by atoms with E-state index in [1.165, 1.54) is 11.3 Å². The highest BCUT2D eigenvalue weighted by Gasteiger charge is 2.13. The molecule has 0 unspecified atom stereocenters. The van der Waals surface area contributed by atoms with E-state index in [2.05, 4.69) is 34.2 Å². The van der Waals surface area contributed by atoms with Crippen molar-refractivity contribution in [2.24, 2.45) is 7.05 Å². The van der Waals surface area contributed by atoms with Gasteiger partial charge in [-0.2, -0.15) is 5.10 Å². The summed E-state index contributed by atoms with van der Waals surface area (Å²) in [6.45, 7) is 4.12. The minimum Gasteiger partial charge on any atom is -0.321 e. The zero-order chi connectivity index (χ0) is 16.4. The summed E-state index contributed by atoms with van der Waals surface area (Å²) >= 11 is 1.50. The van der Waals surface area contributed by atoms with Crippen LogP contribution in [0.5, 0.6) is 0 Å². The number of hydrogen-bond acceptors (Lipinski definition) is 5. The van der Waals surface area contributed by atoms with E-state index in [4.69, 9.17) is 0 Å². The molecule has 0 fully saturated rings. The van der Waals surface area contributed by atoms with Crippen LogP contribution >= 0.6 is 11.3 Å². The molecule has 0 atom stereocenters. The van der Waals surface area contributed by atoms with Gasteiger partial charge in [0.15, 0.2) is 5.82 Å². The second kappa shape index (κ2) is 6.29. The predicted octanol–water partition coefficient (Wildman–Crippen LogP) is 3.31. The third-order valence-electron chi connectivity index (χ3n) is 3.23. The highest BCUT2D eigenvalue weighted by Crippen LogP contribution is 2.22. The Balaban J connectivity index is 1.78. The Morgan fingerprint density at radius 2 is 2.17 bits per heavy atom. The lowest BCUT2D eigenvalue weighted by atomic mass is 10.2. The summed E-state index contributed by atoms with van der Waals surface area (Å²) in [6, 6.07) is 7.45. The van der Waals surface area contributed by atoms with Gasteiger partial charge >= 0.3 is 0 Å². The number of hydrogen-bond donors (Lipinski definition) is 1. The van der Waals surface area contributed by atoms with Gasteiger partial charge in [-0.15, -0.1) is 11.3 Å². The van der Waals surface area contributed by atoms with E-state index < -0.39 is 0 Å². The lowest BCUT2D eigenvalue weighted by molar-refractivity contribution is 0.102. The molecule has 2 heterocycles. The third-order valence-corrected chi connectivity index (χ3v) is 4.37. The topological polar surface area (TPSA) is 72.7 Å². The highest BCUT2D eigenvalue weighted by atomic mass is 32.1. The van der Waals surface area contributed by atoms with E-state index in [-0.39, 0.29) is 5.91 Å². The molecule has 0 aliphatic carbocycles. The summed E-state index contributed by atoms with van der Waals surface area (Å²) in [5.41, 5.74) is 1.99. The van der Waals surface area contributed by atoms with Crippen LogP contribution in [0.15, 0.2) is 36.0 Å². The molecule has 118 valence electrons. The van der Waals surface area contributed by atoms with Crippen molar-refractivity contribution in [3.8, 4) is 11.4 Å². The van der Waals surface area contributed by atoms with Crippen LogP contribution in [0.3, 0.4) is 0 Å². The average Bonchev–Trinajstić information content (AvgIpc) is 3.16. The molecule has 1 aromatic carbocycles. The van der Waals surface area contributed by atoms with Crippen LogP contribution in [0.4, 0.5) is 5.69 Å². The van der Waals surface area contributed by atoms with Crippen molar-refractivity contribution in [3.63, 3.8) is 0 Å². The predicted molar refractivity (Wildman–Crippen MR) is 90.6 cm³/mol. The maximum atomic E-state index is 12.3. The Kier molecular flexibility index (Phi) is 4.20. The lowest BCUT2D eigenvalue weighted by Gasteiger charge is -2.05. The van der Waals surface area contributed by atoms with Crippen molar-refractivity contribution < 1.29 is 4.79 Å². The fraction of sp³-hybridized carbons (Fsp3) is 0.250. The Bertz CT molecular complexity index is 836. The molecule has 1 N–H and O–H groups in total. The van der Waals surface area contributed by atoms with Crippen LogP contribution in [0.2, 0.25) is 0 Å². The Morgan fingerprint density at radius 1 is 1.35 bits per heavy atom. The van der Waals surface area contributed by atoms with Gasteiger partial charge in [0, 0.05) is 29.6 Å². The molecule has 1 amide bonds. The summed E-state index contributed by atoms with van der Waals surface area (Å²) in [7, 11) is 1.82. The molecule has 0 bridgehead atoms. The molecule has 0 saturated carbocycles. The maximum Gasteiger partial charge on any atom is 0.275 e. The number of aryl methyl sites for hydroxylation is 1. The Morgan fingerprint density at radius 3 is 2.83 bits per heavy atom. The third kappa shape index (κ3) is 3.45. The van der Waals surface area contributed by atoms with Crippen molar-refractivity contribution in [1.29, 1.82) is 0 Å². The molecule has 0 spiro atoms. The van der Waals surface area contributed by atoms with Crippen LogP contribution in [0.25, 0.3) is 11.4 Å². The summed E-state index contributed by atoms with van der Waals surface area (Å²) in [6.07, 6.45) is 1.64. The van der Waals surface area contributed by atoms with Gasteiger partial charge in [-0.05, 0) is 12.1 Å². The van der Waals surface area contributed by atoms with Crippen LogP contribution in [0.1, 0.15) is 35.3 Å². The number of aromatic nitrogens is 4. The van der Waals surface area contributed by atoms with Gasteiger partial charge in [-0.1, -0.05) is 26.0 Å². The Labute approximate surface area is 138 Å². The number of nitrogens with one attached hydrogen (secondary N) is 1. The monoisotopic (exact) mass is 327 g/mol. The van der Waals surface area contributed by atoms with E-state index in [0.29, 0.717) is 23.1 Å². The first-order valence-electron chi connectivity index (χ1n) is 7.26. The number of carbonyl (C=O) groups is 1. The number of rotatable bonds is 4. The first kappa shape index (κ1) is 15.4. The second-order valence-corrected chi connectivity index (χ2v) is 6.39. The first-order chi connectivity index (χ1) is 11.0. The fourth-order valence-corrected chi connectivity index (χ4v) is 2.88. The van der Waals surface area contributed by atoms with Crippen molar-refractivity contribution >= 4 is 22.9 Å². The van der Waals surface area contributed by atoms with Gasteiger partial charge in [0.05, 0.1) is 5.01 Å². The molecule has 3 aromatic rings. The smallest absolute Gasteiger partial charge is 0.275 e. The largest absolute Gasteiger partial charge is 0.321 e. The van der Waals surface area contributed by atoms with Crippen molar-refractivity contribution in [2.75, 3.05) is 5.32 Å². The minimum absolute atomic E-state index is 0.209. The second-order valence-electron chi connectivity index (χ2n) is 5.50. The minimum atomic E-state index is -0.209. The van der Waals surface area contributed by atoms with E-state index in [1.807, 2.05) is 31.3 Å². The molecule has 6 nitrogen and oxygen atoms in total. The van der Waals surface area contributed by atoms with Crippen LogP contribution in [-0.2, 0) is 7.05 Å².